The molecule has 3 nitrogen and oxygen atoms in total. The summed E-state index contributed by atoms with van der Waals surface area (Å²) in [5.74, 6) is 1.53. The van der Waals surface area contributed by atoms with E-state index in [2.05, 4.69) is 0 Å². The summed E-state index contributed by atoms with van der Waals surface area (Å²) < 4.78 is 10.2. The first-order valence-corrected chi connectivity index (χ1v) is 4.09. The van der Waals surface area contributed by atoms with Crippen molar-refractivity contribution >= 4 is 11.3 Å². The molecule has 0 radical (unpaired) electrons. The van der Waals surface area contributed by atoms with E-state index in [1.807, 2.05) is 5.38 Å². The minimum atomic E-state index is 0.497. The molecule has 1 rings (SSSR count). The highest BCUT2D eigenvalue weighted by Gasteiger charge is 2.10. The third-order valence-corrected chi connectivity index (χ3v) is 2.36. The van der Waals surface area contributed by atoms with Crippen molar-refractivity contribution in [1.29, 1.82) is 0 Å². The smallest absolute Gasteiger partial charge is 0.175 e. The second-order valence-corrected chi connectivity index (χ2v) is 2.93. The number of hydrogen-bond donors (Lipinski definition) is 1. The summed E-state index contributed by atoms with van der Waals surface area (Å²) in [6, 6.07) is 0. The van der Waals surface area contributed by atoms with Gasteiger partial charge in [0.1, 0.15) is 0 Å². The van der Waals surface area contributed by atoms with Gasteiger partial charge >= 0.3 is 0 Å². The third-order valence-electron chi connectivity index (χ3n) is 1.39. The average Bonchev–Trinajstić information content (AvgIpc) is 2.45. The van der Waals surface area contributed by atoms with Crippen LogP contribution >= 0.6 is 11.3 Å². The fourth-order valence-corrected chi connectivity index (χ4v) is 1.70. The Morgan fingerprint density at radius 1 is 1.45 bits per heavy atom. The Hall–Kier alpha value is -0.740. The number of rotatable bonds is 3. The highest BCUT2D eigenvalue weighted by molar-refractivity contribution is 7.10. The number of ether oxygens (including phenoxy) is 2. The first kappa shape index (κ1) is 8.36. The molecule has 0 aliphatic heterocycles. The number of hydrogen-bond acceptors (Lipinski definition) is 4. The van der Waals surface area contributed by atoms with Crippen LogP contribution in [0.1, 0.15) is 4.88 Å². The van der Waals surface area contributed by atoms with Crippen LogP contribution in [0, 0.1) is 0 Å². The lowest BCUT2D eigenvalue weighted by molar-refractivity contribution is 0.355. The normalized spacial score (nSPS) is 9.73. The van der Waals surface area contributed by atoms with Gasteiger partial charge in [0.05, 0.1) is 19.1 Å². The van der Waals surface area contributed by atoms with E-state index >= 15 is 0 Å². The van der Waals surface area contributed by atoms with Gasteiger partial charge in [-0.2, -0.15) is 0 Å². The Labute approximate surface area is 69.7 Å². The van der Waals surface area contributed by atoms with E-state index in [9.17, 15) is 0 Å². The topological polar surface area (TPSA) is 44.5 Å². The van der Waals surface area contributed by atoms with Crippen LogP contribution in [0.4, 0.5) is 0 Å². The van der Waals surface area contributed by atoms with Gasteiger partial charge in [-0.15, -0.1) is 11.3 Å². The molecule has 2 N–H and O–H groups in total. The van der Waals surface area contributed by atoms with Crippen molar-refractivity contribution in [3.05, 3.63) is 10.3 Å². The first-order chi connectivity index (χ1) is 5.33. The summed E-state index contributed by atoms with van der Waals surface area (Å²) in [5, 5.41) is 1.89. The lowest BCUT2D eigenvalue weighted by atomic mass is 10.4. The van der Waals surface area contributed by atoms with Crippen LogP contribution in [0.15, 0.2) is 5.38 Å². The Balaban J connectivity index is 2.99. The van der Waals surface area contributed by atoms with E-state index in [0.717, 1.165) is 16.4 Å². The Bertz CT molecular complexity index is 213. The van der Waals surface area contributed by atoms with Gasteiger partial charge in [0, 0.05) is 11.9 Å². The van der Waals surface area contributed by atoms with E-state index in [-0.39, 0.29) is 0 Å². The third kappa shape index (κ3) is 1.46. The molecule has 0 unspecified atom stereocenters. The van der Waals surface area contributed by atoms with E-state index in [1.54, 1.807) is 25.6 Å². The maximum absolute atomic E-state index is 5.47. The highest BCUT2D eigenvalue weighted by atomic mass is 32.1. The van der Waals surface area contributed by atoms with Crippen LogP contribution in [0.3, 0.4) is 0 Å². The summed E-state index contributed by atoms with van der Waals surface area (Å²) in [6.45, 7) is 0.497. The molecular formula is C7H11NO2S. The zero-order chi connectivity index (χ0) is 8.27. The second-order valence-electron chi connectivity index (χ2n) is 1.96. The lowest BCUT2D eigenvalue weighted by Gasteiger charge is -2.02. The molecule has 0 aromatic carbocycles. The van der Waals surface area contributed by atoms with Crippen molar-refractivity contribution < 1.29 is 9.47 Å². The number of thiophene rings is 1. The zero-order valence-electron chi connectivity index (χ0n) is 6.59. The maximum atomic E-state index is 5.47. The zero-order valence-corrected chi connectivity index (χ0v) is 7.40. The number of nitrogens with two attached hydrogens (primary N) is 1. The Morgan fingerprint density at radius 3 is 2.64 bits per heavy atom. The molecule has 0 saturated heterocycles. The summed E-state index contributed by atoms with van der Waals surface area (Å²) in [4.78, 5) is 1.02. The van der Waals surface area contributed by atoms with Crippen molar-refractivity contribution in [2.24, 2.45) is 5.73 Å². The molecule has 1 aromatic rings. The summed E-state index contributed by atoms with van der Waals surface area (Å²) in [7, 11) is 3.23. The van der Waals surface area contributed by atoms with Crippen molar-refractivity contribution in [2.75, 3.05) is 14.2 Å². The maximum Gasteiger partial charge on any atom is 0.175 e. The molecule has 4 heteroatoms. The van der Waals surface area contributed by atoms with Gasteiger partial charge in [0.15, 0.2) is 11.5 Å². The van der Waals surface area contributed by atoms with Crippen molar-refractivity contribution in [3.8, 4) is 11.5 Å². The van der Waals surface area contributed by atoms with E-state index in [1.165, 1.54) is 0 Å². The van der Waals surface area contributed by atoms with Crippen LogP contribution < -0.4 is 15.2 Å². The summed E-state index contributed by atoms with van der Waals surface area (Å²) >= 11 is 1.55. The highest BCUT2D eigenvalue weighted by Crippen LogP contribution is 2.36. The molecular weight excluding hydrogens is 162 g/mol. The molecule has 1 heterocycles. The van der Waals surface area contributed by atoms with Crippen LogP contribution in [-0.2, 0) is 6.54 Å². The molecule has 0 fully saturated rings. The standard InChI is InChI=1S/C7H11NO2S/c1-9-5-4-11-6(3-8)7(5)10-2/h4H,3,8H2,1-2H3. The second kappa shape index (κ2) is 3.59. The van der Waals surface area contributed by atoms with Crippen LogP contribution in [0.25, 0.3) is 0 Å². The SMILES string of the molecule is COc1csc(CN)c1OC. The average molecular weight is 173 g/mol. The predicted octanol–water partition coefficient (Wildman–Crippen LogP) is 1.22. The van der Waals surface area contributed by atoms with Gasteiger partial charge in [0.25, 0.3) is 0 Å². The molecule has 11 heavy (non-hydrogen) atoms. The molecule has 0 amide bonds. The largest absolute Gasteiger partial charge is 0.492 e. The fraction of sp³-hybridized carbons (Fsp3) is 0.429. The summed E-state index contributed by atoms with van der Waals surface area (Å²) in [6.07, 6.45) is 0. The molecule has 62 valence electrons. The summed E-state index contributed by atoms with van der Waals surface area (Å²) in [5.41, 5.74) is 5.47. The van der Waals surface area contributed by atoms with Crippen molar-refractivity contribution in [3.63, 3.8) is 0 Å². The van der Waals surface area contributed by atoms with E-state index in [4.69, 9.17) is 15.2 Å². The first-order valence-electron chi connectivity index (χ1n) is 3.22. The van der Waals surface area contributed by atoms with Crippen molar-refractivity contribution in [2.45, 2.75) is 6.54 Å². The molecule has 0 atom stereocenters. The minimum absolute atomic E-state index is 0.497. The van der Waals surface area contributed by atoms with Crippen molar-refractivity contribution in [1.82, 2.24) is 0 Å². The van der Waals surface area contributed by atoms with Gasteiger partial charge in [-0.1, -0.05) is 0 Å². The predicted molar refractivity (Wildman–Crippen MR) is 45.3 cm³/mol. The molecule has 1 aromatic heterocycles. The van der Waals surface area contributed by atoms with Gasteiger partial charge in [0.2, 0.25) is 0 Å². The molecule has 0 spiro atoms. The fourth-order valence-electron chi connectivity index (χ4n) is 0.865. The van der Waals surface area contributed by atoms with Gasteiger partial charge < -0.3 is 15.2 Å². The van der Waals surface area contributed by atoms with Gasteiger partial charge in [-0.05, 0) is 0 Å². The van der Waals surface area contributed by atoms with Gasteiger partial charge in [-0.25, -0.2) is 0 Å². The molecule has 0 aliphatic carbocycles. The quantitative estimate of drug-likeness (QED) is 0.747. The number of methoxy groups -OCH3 is 2. The van der Waals surface area contributed by atoms with E-state index < -0.39 is 0 Å². The van der Waals surface area contributed by atoms with Gasteiger partial charge in [-0.3, -0.25) is 0 Å². The Kier molecular flexibility index (Phi) is 2.73. The molecule has 0 aliphatic rings. The molecule has 0 saturated carbocycles. The van der Waals surface area contributed by atoms with Crippen LogP contribution in [0.2, 0.25) is 0 Å². The van der Waals surface area contributed by atoms with Crippen LogP contribution in [-0.4, -0.2) is 14.2 Å². The Morgan fingerprint density at radius 2 is 2.18 bits per heavy atom. The lowest BCUT2D eigenvalue weighted by Crippen LogP contribution is -1.96. The monoisotopic (exact) mass is 173 g/mol. The molecule has 0 bridgehead atoms. The van der Waals surface area contributed by atoms with E-state index in [0.29, 0.717) is 6.54 Å². The van der Waals surface area contributed by atoms with Crippen LogP contribution in [0.5, 0.6) is 11.5 Å². The minimum Gasteiger partial charge on any atom is -0.492 e.